The van der Waals surface area contributed by atoms with E-state index >= 15 is 24.0 Å². The number of hydrogen-bond donors (Lipinski definition) is 24. The van der Waals surface area contributed by atoms with Crippen LogP contribution >= 0.6 is 23.2 Å². The number of benzene rings is 9. The quantitative estimate of drug-likeness (QED) is 0.0614. The number of carbonyl (C=O) groups excluding carboxylic acids is 7. The van der Waals surface area contributed by atoms with Gasteiger partial charge in [-0.05, 0) is 129 Å². The van der Waals surface area contributed by atoms with Gasteiger partial charge in [0.05, 0.1) is 35.9 Å². The topological polar surface area (TPSA) is 645 Å². The van der Waals surface area contributed by atoms with Gasteiger partial charge in [0.2, 0.25) is 59.7 Å². The molecule has 9 heterocycles. The van der Waals surface area contributed by atoms with Crippen LogP contribution in [0.25, 0.3) is 23.3 Å². The van der Waals surface area contributed by atoms with E-state index in [4.69, 9.17) is 71.6 Å². The molecule has 0 aromatic heterocycles. The molecule has 23 atom stereocenters. The minimum Gasteiger partial charge on any atom is -0.508 e. The molecule has 17 bridgehead atoms. The number of phenols is 4. The first-order valence-corrected chi connectivity index (χ1v) is 43.2. The van der Waals surface area contributed by atoms with E-state index in [1.54, 1.807) is 12.1 Å². The van der Waals surface area contributed by atoms with Crippen molar-refractivity contribution in [2.75, 3.05) is 19.8 Å². The van der Waals surface area contributed by atoms with Crippen molar-refractivity contribution in [2.45, 2.75) is 160 Å². The van der Waals surface area contributed by atoms with Crippen molar-refractivity contribution in [1.29, 1.82) is 0 Å². The van der Waals surface area contributed by atoms with E-state index in [-0.39, 0.29) is 51.1 Å². The third kappa shape index (κ3) is 20.2. The van der Waals surface area contributed by atoms with Crippen molar-refractivity contribution in [2.24, 2.45) is 5.73 Å². The van der Waals surface area contributed by atoms with Crippen LogP contribution in [0.3, 0.4) is 0 Å². The second kappa shape index (κ2) is 40.3. The van der Waals surface area contributed by atoms with Gasteiger partial charge >= 0.3 is 5.97 Å². The van der Waals surface area contributed by atoms with Gasteiger partial charge in [0.15, 0.2) is 35.3 Å². The van der Waals surface area contributed by atoms with Crippen molar-refractivity contribution >= 4 is 82.7 Å². The lowest BCUT2D eigenvalue weighted by Gasteiger charge is -2.44. The van der Waals surface area contributed by atoms with E-state index in [0.717, 1.165) is 103 Å². The molecule has 18 rings (SSSR count). The summed E-state index contributed by atoms with van der Waals surface area (Å²) in [6.45, 7) is -2.21. The van der Waals surface area contributed by atoms with Gasteiger partial charge in [0.25, 0.3) is 0 Å². The fourth-order valence-electron chi connectivity index (χ4n) is 16.8. The zero-order chi connectivity index (χ0) is 96.7. The van der Waals surface area contributed by atoms with Gasteiger partial charge in [-0.25, -0.2) is 4.79 Å². The summed E-state index contributed by atoms with van der Waals surface area (Å²) in [4.78, 5) is 124. The molecule has 0 aliphatic carbocycles. The Morgan fingerprint density at radius 2 is 1.04 bits per heavy atom. The number of phenolic OH excluding ortho intramolecular Hbond substituents is 4. The maximum Gasteiger partial charge on any atom is 0.330 e. The van der Waals surface area contributed by atoms with Gasteiger partial charge in [0.1, 0.15) is 150 Å². The molecule has 9 aromatic rings. The SMILES string of the molecule is CC(=O)N[C@H]1[C@H](O[C@@H]2c3ccc(c(Cl)c3)Oc3cc4cc(c3O[C@@H]3O[C@H](CO)[C@@H](O)[C@H](O)[C@H]3NCc3ccc(/C=C/c5ccccc5)cc3)Oc3ccc(cc3Cl)C[C@H]3NC(=O)[C@H](N)c5ccc(O)c(c5)Oc5cc(O)cc(c5)[C@H](NC3=O)C(=O)N[C@H]4C(=O)N[C@H]3C(=O)N[C@@H]2C(=O)N[C@H](C(=O)O)c2cc(O)cc(O[C@H]4O[C@H](CO)[C@@H](O)[C@H](O)[C@@H]4O)c2-c2cc3ccc2O)O[C@H](CO)[C@@H](O)[C@@H]1O. The summed E-state index contributed by atoms with van der Waals surface area (Å²) in [6.07, 6.45) is -24.9. The Bertz CT molecular complexity index is 6130. The molecule has 3 fully saturated rings. The zero-order valence-corrected chi connectivity index (χ0v) is 72.6. The van der Waals surface area contributed by atoms with Crippen molar-refractivity contribution in [3.8, 4) is 80.1 Å². The number of amides is 7. The summed E-state index contributed by atoms with van der Waals surface area (Å²) >= 11 is 14.8. The van der Waals surface area contributed by atoms with Crippen LogP contribution in [-0.4, -0.2) is 248 Å². The number of nitrogens with one attached hydrogen (secondary N) is 8. The molecule has 7 amide bonds. The standard InChI is InChI=1S/C93H91Cl2N9O32/c1-37(108)98-73-79(117)76(114)64(35-106)133-92(73)135-82-44-16-20-58(53(95)26-44)130-62-29-46-28-61(83(62)136-91-72(78(116)75(113)63(34-105)132-91)97-33-40-11-9-39(10-12-40)8-7-38-5-3-2-4-6-38)129-57-19-13-41(21-52(57)94)22-54-84(120)100-69(45-23-47(109)30-49(24-45)128-59-27-42(14-18-56(59)112)67(96)85(121)99-54)87(123)102-70(46)88(124)101-68-43-15-17-55(111)50(25-43)66-51(71(90(126)127)103-89(125)74(82)104-86(68)122)31-48(110)32-60(66)131-93-81(119)80(118)77(115)65(36-107)134-93/h2-21,23-32,54,63-65,67-82,91-93,97,105-107,109-119H,22,33-36,96H2,1H3,(H,98,108)(H,99,121)(H,100,120)(H,101,124)(H,102,123)(H,103,125)(H,104,122)(H,126,127)/b8-7+/t54-,63-,64-,65-,67-,68-,69+,70-,71+,72-,73-,74+,75-,76-,77-,78-,79-,80+,81+,82-,91+,92+,93+/m1/s1. The molecule has 0 saturated carbocycles. The third-order valence-electron chi connectivity index (χ3n) is 23.9. The van der Waals surface area contributed by atoms with E-state index in [9.17, 15) is 91.0 Å². The highest BCUT2D eigenvalue weighted by Gasteiger charge is 2.52. The number of fused-ring (bicyclic) bond motifs is 14. The molecular weight excluding hydrogens is 1830 g/mol. The molecule has 9 aromatic carbocycles. The minimum atomic E-state index is -2.58. The lowest BCUT2D eigenvalue weighted by Crippen LogP contribution is -2.65. The van der Waals surface area contributed by atoms with Gasteiger partial charge in [0, 0.05) is 48.7 Å². The molecule has 714 valence electrons. The van der Waals surface area contributed by atoms with Crippen LogP contribution in [0.15, 0.2) is 170 Å². The second-order valence-corrected chi connectivity index (χ2v) is 33.9. The van der Waals surface area contributed by atoms with E-state index < -0.39 is 299 Å². The van der Waals surface area contributed by atoms with Crippen LogP contribution in [0.1, 0.15) is 98.9 Å². The first kappa shape index (κ1) is 95.8. The van der Waals surface area contributed by atoms with Crippen molar-refractivity contribution in [3.05, 3.63) is 236 Å². The number of ether oxygens (including phenoxy) is 9. The zero-order valence-electron chi connectivity index (χ0n) is 71.1. The molecule has 136 heavy (non-hydrogen) atoms. The average molecular weight is 1920 g/mol. The molecule has 9 aliphatic heterocycles. The second-order valence-electron chi connectivity index (χ2n) is 33.1. The van der Waals surface area contributed by atoms with Gasteiger partial charge in [-0.15, -0.1) is 0 Å². The number of aliphatic hydroxyl groups excluding tert-OH is 10. The highest BCUT2D eigenvalue weighted by molar-refractivity contribution is 6.32. The first-order valence-electron chi connectivity index (χ1n) is 42.4. The Balaban J connectivity index is 0.939. The largest absolute Gasteiger partial charge is 0.508 e. The minimum absolute atomic E-state index is 0.0336. The molecule has 41 nitrogen and oxygen atoms in total. The summed E-state index contributed by atoms with van der Waals surface area (Å²) in [5.41, 5.74) is 5.24. The Hall–Kier alpha value is -13.4. The van der Waals surface area contributed by atoms with E-state index in [0.29, 0.717) is 5.56 Å². The lowest BCUT2D eigenvalue weighted by atomic mass is 9.89. The van der Waals surface area contributed by atoms with Crippen molar-refractivity contribution in [3.63, 3.8) is 0 Å². The Morgan fingerprint density at radius 3 is 1.68 bits per heavy atom. The number of aliphatic hydroxyl groups is 10. The molecule has 43 heteroatoms. The smallest absolute Gasteiger partial charge is 0.330 e. The maximum absolute atomic E-state index is 17.1. The number of rotatable bonds is 16. The summed E-state index contributed by atoms with van der Waals surface area (Å²) in [5.74, 6) is -18.5. The van der Waals surface area contributed by atoms with E-state index in [1.807, 2.05) is 54.6 Å². The number of carboxylic acids is 1. The molecule has 25 N–H and O–H groups in total. The molecule has 9 aliphatic rings. The van der Waals surface area contributed by atoms with E-state index in [2.05, 4.69) is 42.5 Å². The van der Waals surface area contributed by atoms with Crippen molar-refractivity contribution in [1.82, 2.24) is 42.5 Å². The van der Waals surface area contributed by atoms with Crippen LogP contribution in [0.4, 0.5) is 0 Å². The Morgan fingerprint density at radius 1 is 0.485 bits per heavy atom. The Kier molecular flexibility index (Phi) is 28.4. The molecule has 0 spiro atoms. The van der Waals surface area contributed by atoms with Gasteiger partial charge in [-0.2, -0.15) is 0 Å². The molecule has 0 unspecified atom stereocenters. The number of halogens is 2. The van der Waals surface area contributed by atoms with Crippen molar-refractivity contribution < 1.29 is 158 Å². The predicted molar refractivity (Wildman–Crippen MR) is 471 cm³/mol. The summed E-state index contributed by atoms with van der Waals surface area (Å²) < 4.78 is 58.0. The number of nitrogens with two attached hydrogens (primary N) is 1. The number of carbonyl (C=O) groups is 8. The van der Waals surface area contributed by atoms with Gasteiger partial charge < -0.3 is 167 Å². The van der Waals surface area contributed by atoms with Crippen LogP contribution in [0.5, 0.6) is 69.0 Å². The fraction of sp³-hybridized carbons (Fsp3) is 0.312. The summed E-state index contributed by atoms with van der Waals surface area (Å²) in [6, 6.07) is 18.0. The average Bonchev–Trinajstić information content (AvgIpc) is 0.760. The normalized spacial score (nSPS) is 28.4. The highest BCUT2D eigenvalue weighted by Crippen LogP contribution is 2.51. The first-order chi connectivity index (χ1) is 65.1. The van der Waals surface area contributed by atoms with Crippen LogP contribution in [0, 0.1) is 0 Å². The molecule has 3 saturated heterocycles. The van der Waals surface area contributed by atoms with Crippen LogP contribution in [-0.2, 0) is 70.3 Å². The lowest BCUT2D eigenvalue weighted by molar-refractivity contribution is -0.284. The summed E-state index contributed by atoms with van der Waals surface area (Å²) in [7, 11) is 0. The predicted octanol–water partition coefficient (Wildman–Crippen LogP) is 1.87. The van der Waals surface area contributed by atoms with E-state index in [1.165, 1.54) is 30.3 Å². The van der Waals surface area contributed by atoms with Gasteiger partial charge in [-0.3, -0.25) is 33.6 Å². The summed E-state index contributed by atoms with van der Waals surface area (Å²) in [5, 5.41) is 192. The molecular formula is C93H91Cl2N9O32. The molecule has 0 radical (unpaired) electrons. The monoisotopic (exact) mass is 1920 g/mol. The number of aliphatic carboxylic acids is 1. The van der Waals surface area contributed by atoms with Crippen LogP contribution in [0.2, 0.25) is 10.0 Å². The third-order valence-corrected chi connectivity index (χ3v) is 24.5. The number of carboxylic acid groups (broad SMARTS) is 1. The fourth-order valence-corrected chi connectivity index (χ4v) is 17.3. The van der Waals surface area contributed by atoms with Crippen LogP contribution < -0.4 is 72.0 Å². The maximum atomic E-state index is 17.1. The number of aromatic hydroxyl groups is 4. The highest BCUT2D eigenvalue weighted by atomic mass is 35.5. The van der Waals surface area contributed by atoms with Gasteiger partial charge in [-0.1, -0.05) is 114 Å². The number of hydrogen-bond acceptors (Lipinski definition) is 33. The Labute approximate surface area is 780 Å².